The zero-order chi connectivity index (χ0) is 11.6. The minimum atomic E-state index is 0.289. The molecule has 2 aromatic rings. The van der Waals surface area contributed by atoms with Gasteiger partial charge in [-0.1, -0.05) is 42.5 Å². The molecule has 0 bridgehead atoms. The van der Waals surface area contributed by atoms with E-state index in [1.54, 1.807) is 0 Å². The van der Waals surface area contributed by atoms with Crippen LogP contribution in [0.5, 0.6) is 0 Å². The monoisotopic (exact) mass is 214 g/mol. The van der Waals surface area contributed by atoms with Crippen LogP contribution in [0.15, 0.2) is 42.5 Å². The fourth-order valence-electron chi connectivity index (χ4n) is 1.89. The van der Waals surface area contributed by atoms with Crippen LogP contribution in [0.25, 0.3) is 10.8 Å². The van der Waals surface area contributed by atoms with Gasteiger partial charge in [0.15, 0.2) is 0 Å². The zero-order valence-corrected chi connectivity index (χ0v) is 10.3. The van der Waals surface area contributed by atoms with Gasteiger partial charge in [-0.2, -0.15) is 0 Å². The fourth-order valence-corrected chi connectivity index (χ4v) is 1.89. The Hall–Kier alpha value is -1.34. The topological polar surface area (TPSA) is 16.6 Å². The summed E-state index contributed by atoms with van der Waals surface area (Å²) >= 11 is 0. The molecule has 2 aromatic carbocycles. The second kappa shape index (κ2) is 4.26. The molecule has 0 aliphatic heterocycles. The van der Waals surface area contributed by atoms with Crippen molar-refractivity contribution in [2.24, 2.45) is 0 Å². The molecule has 1 heteroatoms. The molecule has 0 aliphatic carbocycles. The van der Waals surface area contributed by atoms with Crippen molar-refractivity contribution in [3.63, 3.8) is 0 Å². The Bertz CT molecular complexity index is 475. The highest BCUT2D eigenvalue weighted by atomic mass is 14.9. The van der Waals surface area contributed by atoms with Crippen LogP contribution in [-0.4, -0.2) is 5.54 Å². The van der Waals surface area contributed by atoms with Gasteiger partial charge in [-0.3, -0.25) is 0 Å². The van der Waals surface area contributed by atoms with Crippen molar-refractivity contribution < 1.29 is 5.32 Å². The first kappa shape index (κ1) is 11.2. The fraction of sp³-hybridized carbons (Fsp3) is 0.333. The van der Waals surface area contributed by atoms with E-state index < -0.39 is 0 Å². The lowest BCUT2D eigenvalue weighted by atomic mass is 10.0. The van der Waals surface area contributed by atoms with Crippen LogP contribution < -0.4 is 5.32 Å². The van der Waals surface area contributed by atoms with Crippen LogP contribution in [-0.2, 0) is 6.54 Å². The van der Waals surface area contributed by atoms with E-state index in [0.29, 0.717) is 0 Å². The average Bonchev–Trinajstić information content (AvgIpc) is 2.25. The van der Waals surface area contributed by atoms with Crippen molar-refractivity contribution in [1.82, 2.24) is 0 Å². The standard InChI is InChI=1S/C15H19N/c1-15(2,3)16-11-13-9-6-8-12-7-4-5-10-14(12)13/h4-10,16H,11H2,1-3H3/p+1. The largest absolute Gasteiger partial charge is 0.338 e. The van der Waals surface area contributed by atoms with Gasteiger partial charge >= 0.3 is 0 Å². The van der Waals surface area contributed by atoms with Gasteiger partial charge in [-0.25, -0.2) is 0 Å². The number of hydrogen-bond acceptors (Lipinski definition) is 0. The molecule has 0 atom stereocenters. The summed E-state index contributed by atoms with van der Waals surface area (Å²) in [5.74, 6) is 0. The van der Waals surface area contributed by atoms with E-state index in [1.807, 2.05) is 0 Å². The van der Waals surface area contributed by atoms with Gasteiger partial charge in [0, 0.05) is 5.56 Å². The summed E-state index contributed by atoms with van der Waals surface area (Å²) in [5.41, 5.74) is 1.71. The number of quaternary nitrogens is 1. The van der Waals surface area contributed by atoms with Crippen molar-refractivity contribution in [2.45, 2.75) is 32.9 Å². The summed E-state index contributed by atoms with van der Waals surface area (Å²) in [6.07, 6.45) is 0. The second-order valence-corrected chi connectivity index (χ2v) is 5.41. The molecule has 0 aliphatic rings. The van der Waals surface area contributed by atoms with Gasteiger partial charge in [-0.05, 0) is 31.5 Å². The van der Waals surface area contributed by atoms with E-state index in [2.05, 4.69) is 68.6 Å². The summed E-state index contributed by atoms with van der Waals surface area (Å²) < 4.78 is 0. The Kier molecular flexibility index (Phi) is 2.97. The van der Waals surface area contributed by atoms with Crippen molar-refractivity contribution in [2.75, 3.05) is 0 Å². The molecule has 0 radical (unpaired) electrons. The lowest BCUT2D eigenvalue weighted by molar-refractivity contribution is -0.731. The molecular formula is C15H20N+. The molecule has 84 valence electrons. The molecule has 0 fully saturated rings. The quantitative estimate of drug-likeness (QED) is 0.791. The smallest absolute Gasteiger partial charge is 0.102 e. The van der Waals surface area contributed by atoms with Gasteiger partial charge in [-0.15, -0.1) is 0 Å². The van der Waals surface area contributed by atoms with E-state index in [4.69, 9.17) is 0 Å². The van der Waals surface area contributed by atoms with Crippen molar-refractivity contribution in [3.8, 4) is 0 Å². The Morgan fingerprint density at radius 1 is 0.938 bits per heavy atom. The molecular weight excluding hydrogens is 194 g/mol. The number of fused-ring (bicyclic) bond motifs is 1. The van der Waals surface area contributed by atoms with Crippen LogP contribution in [0.3, 0.4) is 0 Å². The van der Waals surface area contributed by atoms with Crippen molar-refractivity contribution in [3.05, 3.63) is 48.0 Å². The average molecular weight is 214 g/mol. The van der Waals surface area contributed by atoms with E-state index in [0.717, 1.165) is 6.54 Å². The molecule has 0 heterocycles. The third kappa shape index (κ3) is 2.61. The molecule has 2 rings (SSSR count). The van der Waals surface area contributed by atoms with Crippen molar-refractivity contribution in [1.29, 1.82) is 0 Å². The summed E-state index contributed by atoms with van der Waals surface area (Å²) in [6, 6.07) is 15.1. The van der Waals surface area contributed by atoms with Crippen LogP contribution >= 0.6 is 0 Å². The lowest BCUT2D eigenvalue weighted by Crippen LogP contribution is -2.92. The normalized spacial score (nSPS) is 11.9. The minimum Gasteiger partial charge on any atom is -0.338 e. The number of hydrogen-bond donors (Lipinski definition) is 1. The highest BCUT2D eigenvalue weighted by Gasteiger charge is 2.13. The van der Waals surface area contributed by atoms with E-state index in [9.17, 15) is 0 Å². The SMILES string of the molecule is CC(C)(C)[NH2+]Cc1cccc2ccccc12. The van der Waals surface area contributed by atoms with Crippen LogP contribution in [0.2, 0.25) is 0 Å². The molecule has 0 saturated heterocycles. The van der Waals surface area contributed by atoms with Gasteiger partial charge < -0.3 is 5.32 Å². The van der Waals surface area contributed by atoms with Gasteiger partial charge in [0.1, 0.15) is 6.54 Å². The summed E-state index contributed by atoms with van der Waals surface area (Å²) in [5, 5.41) is 5.10. The predicted molar refractivity (Wildman–Crippen MR) is 69.3 cm³/mol. The summed E-state index contributed by atoms with van der Waals surface area (Å²) in [4.78, 5) is 0. The van der Waals surface area contributed by atoms with Crippen LogP contribution in [0.1, 0.15) is 26.3 Å². The third-order valence-corrected chi connectivity index (χ3v) is 2.81. The Morgan fingerprint density at radius 3 is 2.38 bits per heavy atom. The Morgan fingerprint density at radius 2 is 1.62 bits per heavy atom. The third-order valence-electron chi connectivity index (χ3n) is 2.81. The van der Waals surface area contributed by atoms with E-state index in [-0.39, 0.29) is 5.54 Å². The van der Waals surface area contributed by atoms with Crippen molar-refractivity contribution >= 4 is 10.8 Å². The van der Waals surface area contributed by atoms with Crippen LogP contribution in [0, 0.1) is 0 Å². The first-order chi connectivity index (χ1) is 7.56. The Labute approximate surface area is 97.5 Å². The Balaban J connectivity index is 2.30. The van der Waals surface area contributed by atoms with E-state index >= 15 is 0 Å². The molecule has 0 aromatic heterocycles. The molecule has 0 unspecified atom stereocenters. The number of benzene rings is 2. The maximum Gasteiger partial charge on any atom is 0.102 e. The predicted octanol–water partition coefficient (Wildman–Crippen LogP) is 2.70. The van der Waals surface area contributed by atoms with Gasteiger partial charge in [0.2, 0.25) is 0 Å². The van der Waals surface area contributed by atoms with E-state index in [1.165, 1.54) is 16.3 Å². The highest BCUT2D eigenvalue weighted by Crippen LogP contribution is 2.17. The second-order valence-electron chi connectivity index (χ2n) is 5.41. The zero-order valence-electron chi connectivity index (χ0n) is 10.3. The lowest BCUT2D eigenvalue weighted by Gasteiger charge is -2.17. The molecule has 2 N–H and O–H groups in total. The molecule has 0 amide bonds. The van der Waals surface area contributed by atoms with Gasteiger partial charge in [0.05, 0.1) is 5.54 Å². The molecule has 0 spiro atoms. The van der Waals surface area contributed by atoms with Gasteiger partial charge in [0.25, 0.3) is 0 Å². The molecule has 0 saturated carbocycles. The first-order valence-electron chi connectivity index (χ1n) is 5.87. The highest BCUT2D eigenvalue weighted by molar-refractivity contribution is 5.85. The molecule has 16 heavy (non-hydrogen) atoms. The summed E-state index contributed by atoms with van der Waals surface area (Å²) in [6.45, 7) is 7.79. The maximum absolute atomic E-state index is 2.38. The van der Waals surface area contributed by atoms with Crippen LogP contribution in [0.4, 0.5) is 0 Å². The number of rotatable bonds is 2. The summed E-state index contributed by atoms with van der Waals surface area (Å²) in [7, 11) is 0. The maximum atomic E-state index is 2.38. The minimum absolute atomic E-state index is 0.289. The number of nitrogens with two attached hydrogens (primary N) is 1. The molecule has 1 nitrogen and oxygen atoms in total. The first-order valence-corrected chi connectivity index (χ1v) is 5.87.